The summed E-state index contributed by atoms with van der Waals surface area (Å²) in [6.07, 6.45) is 3.04. The lowest BCUT2D eigenvalue weighted by Crippen LogP contribution is -2.34. The fourth-order valence-corrected chi connectivity index (χ4v) is 2.68. The van der Waals surface area contributed by atoms with Crippen LogP contribution in [0.5, 0.6) is 0 Å². The van der Waals surface area contributed by atoms with E-state index in [0.717, 1.165) is 6.54 Å². The molecule has 1 saturated heterocycles. The van der Waals surface area contributed by atoms with Crippen LogP contribution in [0.3, 0.4) is 0 Å². The van der Waals surface area contributed by atoms with Gasteiger partial charge in [-0.15, -0.1) is 0 Å². The second-order valence-corrected chi connectivity index (χ2v) is 4.88. The smallest absolute Gasteiger partial charge is 0.237 e. The van der Waals surface area contributed by atoms with Crippen molar-refractivity contribution in [3.8, 4) is 6.07 Å². The molecule has 2 atom stereocenters. The topological polar surface area (TPSA) is 52.9 Å². The van der Waals surface area contributed by atoms with Gasteiger partial charge in [-0.2, -0.15) is 17.0 Å². The third-order valence-electron chi connectivity index (χ3n) is 2.41. The average molecular weight is 212 g/mol. The number of nitriles is 1. The maximum Gasteiger partial charge on any atom is 0.237 e. The maximum absolute atomic E-state index is 11.4. The molecular weight excluding hydrogens is 196 g/mol. The third-order valence-corrected chi connectivity index (χ3v) is 3.81. The molecule has 1 fully saturated rings. The summed E-state index contributed by atoms with van der Waals surface area (Å²) in [4.78, 5) is 11.4. The van der Waals surface area contributed by atoms with E-state index in [1.807, 2.05) is 24.8 Å². The molecule has 0 radical (unpaired) electrons. The number of rotatable bonds is 4. The van der Waals surface area contributed by atoms with Crippen molar-refractivity contribution in [2.24, 2.45) is 5.92 Å². The fraction of sp³-hybridized carbons (Fsp3) is 0.800. The molecule has 0 aromatic rings. The molecule has 0 bridgehead atoms. The van der Waals surface area contributed by atoms with E-state index in [2.05, 4.69) is 5.32 Å². The summed E-state index contributed by atoms with van der Waals surface area (Å²) in [6.45, 7) is 2.58. The first-order chi connectivity index (χ1) is 6.77. The average Bonchev–Trinajstić information content (AvgIpc) is 2.69. The van der Waals surface area contributed by atoms with Crippen molar-refractivity contribution in [2.45, 2.75) is 31.4 Å². The molecule has 0 aliphatic carbocycles. The zero-order chi connectivity index (χ0) is 10.4. The van der Waals surface area contributed by atoms with Crippen LogP contribution in [0.2, 0.25) is 0 Å². The molecule has 1 amide bonds. The van der Waals surface area contributed by atoms with Crippen LogP contribution in [-0.4, -0.2) is 23.5 Å². The maximum atomic E-state index is 11.4. The highest BCUT2D eigenvalue weighted by Gasteiger charge is 2.19. The molecule has 1 aliphatic heterocycles. The summed E-state index contributed by atoms with van der Waals surface area (Å²) >= 11 is 1.91. The third kappa shape index (κ3) is 3.22. The van der Waals surface area contributed by atoms with Crippen LogP contribution in [0.25, 0.3) is 0 Å². The van der Waals surface area contributed by atoms with Gasteiger partial charge in [0.05, 0.1) is 6.07 Å². The minimum Gasteiger partial charge on any atom is -0.354 e. The van der Waals surface area contributed by atoms with Gasteiger partial charge in [0.2, 0.25) is 5.91 Å². The normalized spacial score (nSPS) is 22.7. The van der Waals surface area contributed by atoms with Crippen LogP contribution in [0.1, 0.15) is 26.2 Å². The second-order valence-electron chi connectivity index (χ2n) is 3.47. The molecule has 0 spiro atoms. The number of carbonyl (C=O) groups excluding carboxylic acids is 1. The Bertz CT molecular complexity index is 231. The monoisotopic (exact) mass is 212 g/mol. The van der Waals surface area contributed by atoms with Gasteiger partial charge in [-0.1, -0.05) is 6.92 Å². The minimum absolute atomic E-state index is 0.109. The molecule has 3 nitrogen and oxygen atoms in total. The van der Waals surface area contributed by atoms with Crippen molar-refractivity contribution in [1.82, 2.24) is 5.32 Å². The molecule has 1 heterocycles. The highest BCUT2D eigenvalue weighted by molar-refractivity contribution is 8.00. The lowest BCUT2D eigenvalue weighted by atomic mass is 10.1. The van der Waals surface area contributed by atoms with Gasteiger partial charge in [0.1, 0.15) is 5.92 Å². The van der Waals surface area contributed by atoms with Crippen LogP contribution < -0.4 is 5.32 Å². The number of hydrogen-bond acceptors (Lipinski definition) is 3. The largest absolute Gasteiger partial charge is 0.354 e. The van der Waals surface area contributed by atoms with E-state index in [1.165, 1.54) is 18.6 Å². The van der Waals surface area contributed by atoms with Gasteiger partial charge in [0.15, 0.2) is 0 Å². The molecule has 1 aliphatic rings. The van der Waals surface area contributed by atoms with E-state index in [1.54, 1.807) is 0 Å². The Balaban J connectivity index is 2.23. The summed E-state index contributed by atoms with van der Waals surface area (Å²) in [5.41, 5.74) is 0. The lowest BCUT2D eigenvalue weighted by Gasteiger charge is -2.11. The molecule has 0 saturated carbocycles. The van der Waals surface area contributed by atoms with Gasteiger partial charge in [0, 0.05) is 11.8 Å². The van der Waals surface area contributed by atoms with Gasteiger partial charge >= 0.3 is 0 Å². The molecule has 0 aromatic carbocycles. The fourth-order valence-electron chi connectivity index (χ4n) is 1.48. The van der Waals surface area contributed by atoms with Crippen molar-refractivity contribution in [2.75, 3.05) is 12.3 Å². The van der Waals surface area contributed by atoms with Crippen molar-refractivity contribution in [1.29, 1.82) is 5.26 Å². The van der Waals surface area contributed by atoms with Crippen LogP contribution >= 0.6 is 11.8 Å². The molecule has 4 heteroatoms. The predicted octanol–water partition coefficient (Wildman–Crippen LogP) is 1.55. The highest BCUT2D eigenvalue weighted by Crippen LogP contribution is 2.25. The molecular formula is C10H16N2OS. The Labute approximate surface area is 89.2 Å². The van der Waals surface area contributed by atoms with Gasteiger partial charge in [0.25, 0.3) is 0 Å². The van der Waals surface area contributed by atoms with E-state index in [9.17, 15) is 4.79 Å². The molecule has 1 N–H and O–H groups in total. The molecule has 14 heavy (non-hydrogen) atoms. The first-order valence-corrected chi connectivity index (χ1v) is 6.11. The predicted molar refractivity (Wildman–Crippen MR) is 57.9 cm³/mol. The van der Waals surface area contributed by atoms with Crippen LogP contribution in [0.15, 0.2) is 0 Å². The van der Waals surface area contributed by atoms with E-state index in [-0.39, 0.29) is 5.91 Å². The Morgan fingerprint density at radius 3 is 3.07 bits per heavy atom. The Kier molecular flexibility index (Phi) is 4.81. The van der Waals surface area contributed by atoms with Crippen LogP contribution in [0, 0.1) is 17.2 Å². The van der Waals surface area contributed by atoms with E-state index in [4.69, 9.17) is 5.26 Å². The van der Waals surface area contributed by atoms with Crippen LogP contribution in [-0.2, 0) is 4.79 Å². The van der Waals surface area contributed by atoms with Crippen molar-refractivity contribution in [3.63, 3.8) is 0 Å². The van der Waals surface area contributed by atoms with Crippen molar-refractivity contribution < 1.29 is 4.79 Å². The quantitative estimate of drug-likeness (QED) is 0.769. The SMILES string of the molecule is CCC(C#N)C(=O)NCC1CCCS1. The minimum atomic E-state index is -0.471. The zero-order valence-corrected chi connectivity index (χ0v) is 9.27. The first kappa shape index (κ1) is 11.4. The number of hydrogen-bond donors (Lipinski definition) is 1. The first-order valence-electron chi connectivity index (χ1n) is 5.06. The van der Waals surface area contributed by atoms with Gasteiger partial charge < -0.3 is 5.32 Å². The number of amides is 1. The molecule has 2 unspecified atom stereocenters. The summed E-state index contributed by atoms with van der Waals surface area (Å²) < 4.78 is 0. The van der Waals surface area contributed by atoms with Crippen molar-refractivity contribution in [3.05, 3.63) is 0 Å². The second kappa shape index (κ2) is 5.92. The van der Waals surface area contributed by atoms with Crippen molar-refractivity contribution >= 4 is 17.7 Å². The van der Waals surface area contributed by atoms with Crippen LogP contribution in [0.4, 0.5) is 0 Å². The Morgan fingerprint density at radius 2 is 2.57 bits per heavy atom. The van der Waals surface area contributed by atoms with E-state index in [0.29, 0.717) is 11.7 Å². The Hall–Kier alpha value is -0.690. The standard InChI is InChI=1S/C10H16N2OS/c1-2-8(6-11)10(13)12-7-9-4-3-5-14-9/h8-9H,2-5,7H2,1H3,(H,12,13). The van der Waals surface area contributed by atoms with Gasteiger partial charge in [-0.3, -0.25) is 4.79 Å². The van der Waals surface area contributed by atoms with E-state index < -0.39 is 5.92 Å². The molecule has 1 rings (SSSR count). The number of thioether (sulfide) groups is 1. The van der Waals surface area contributed by atoms with Gasteiger partial charge in [-0.25, -0.2) is 0 Å². The summed E-state index contributed by atoms with van der Waals surface area (Å²) in [5, 5.41) is 12.1. The molecule has 78 valence electrons. The number of carbonyl (C=O) groups is 1. The molecule has 0 aromatic heterocycles. The summed E-state index contributed by atoms with van der Waals surface area (Å²) in [5.74, 6) is 0.625. The summed E-state index contributed by atoms with van der Waals surface area (Å²) in [6, 6.07) is 2.01. The number of nitrogens with one attached hydrogen (secondary N) is 1. The highest BCUT2D eigenvalue weighted by atomic mass is 32.2. The van der Waals surface area contributed by atoms with Gasteiger partial charge in [-0.05, 0) is 25.0 Å². The number of nitrogens with zero attached hydrogens (tertiary/aromatic N) is 1. The summed E-state index contributed by atoms with van der Waals surface area (Å²) in [7, 11) is 0. The lowest BCUT2D eigenvalue weighted by molar-refractivity contribution is -0.123. The Morgan fingerprint density at radius 1 is 1.79 bits per heavy atom. The zero-order valence-electron chi connectivity index (χ0n) is 8.45. The van der Waals surface area contributed by atoms with E-state index >= 15 is 0 Å².